The molecule has 1 aliphatic heterocycles. The third-order valence-corrected chi connectivity index (χ3v) is 6.27. The molecule has 0 aromatic heterocycles. The molecule has 1 heterocycles. The smallest absolute Gasteiger partial charge is 0.335 e. The normalized spacial score (nSPS) is 14.3. The lowest BCUT2D eigenvalue weighted by Gasteiger charge is -2.26. The van der Waals surface area contributed by atoms with Crippen LogP contribution < -0.4 is 19.7 Å². The molecule has 3 aromatic rings. The molecule has 39 heavy (non-hydrogen) atoms. The highest BCUT2D eigenvalue weighted by molar-refractivity contribution is 14.1. The van der Waals surface area contributed by atoms with E-state index in [0.29, 0.717) is 25.3 Å². The molecule has 0 saturated carbocycles. The molecule has 14 heteroatoms. The van der Waals surface area contributed by atoms with Crippen molar-refractivity contribution >= 4 is 63.6 Å². The van der Waals surface area contributed by atoms with Crippen LogP contribution in [-0.4, -0.2) is 34.8 Å². The van der Waals surface area contributed by atoms with Crippen molar-refractivity contribution in [3.63, 3.8) is 0 Å². The number of ether oxygens (including phenoxy) is 2. The van der Waals surface area contributed by atoms with Crippen molar-refractivity contribution in [2.24, 2.45) is 0 Å². The lowest BCUT2D eigenvalue weighted by Crippen LogP contribution is -2.54. The summed E-state index contributed by atoms with van der Waals surface area (Å²) in [5, 5.41) is 24.2. The Hall–Kier alpha value is -4.86. The number of barbiturate groups is 1. The molecular weight excluding hydrogens is 627 g/mol. The molecule has 1 saturated heterocycles. The van der Waals surface area contributed by atoms with Crippen molar-refractivity contribution in [3.05, 3.63) is 101 Å². The van der Waals surface area contributed by atoms with Crippen LogP contribution in [0.2, 0.25) is 0 Å². The van der Waals surface area contributed by atoms with E-state index in [-0.39, 0.29) is 35.0 Å². The van der Waals surface area contributed by atoms with E-state index in [2.05, 4.69) is 5.32 Å². The summed E-state index contributed by atoms with van der Waals surface area (Å²) in [6, 6.07) is 12.9. The summed E-state index contributed by atoms with van der Waals surface area (Å²) < 4.78 is 11.8. The van der Waals surface area contributed by atoms with Crippen LogP contribution in [0.3, 0.4) is 0 Å². The van der Waals surface area contributed by atoms with E-state index in [0.717, 1.165) is 6.07 Å². The number of nitrogens with zero attached hydrogens (tertiary/aromatic N) is 3. The van der Waals surface area contributed by atoms with Gasteiger partial charge in [0.25, 0.3) is 23.2 Å². The molecule has 13 nitrogen and oxygen atoms in total. The first kappa shape index (κ1) is 27.2. The van der Waals surface area contributed by atoms with E-state index in [1.54, 1.807) is 18.2 Å². The van der Waals surface area contributed by atoms with Crippen LogP contribution in [0.15, 0.2) is 66.2 Å². The van der Waals surface area contributed by atoms with Crippen molar-refractivity contribution < 1.29 is 33.7 Å². The average molecular weight is 644 g/mol. The highest BCUT2D eigenvalue weighted by Gasteiger charge is 2.37. The SMILES string of the molecule is COc1cc(/C=C2\C(=O)NC(=O)N(c3cccc([N+](=O)[O-])c3)C2=O)cc(I)c1OCc1cccc([N+](=O)[O-])c1. The monoisotopic (exact) mass is 644 g/mol. The summed E-state index contributed by atoms with van der Waals surface area (Å²) in [6.45, 7) is 0.00958. The molecule has 4 rings (SSSR count). The van der Waals surface area contributed by atoms with Gasteiger partial charge in [0.1, 0.15) is 12.2 Å². The molecular formula is C25H17IN4O9. The zero-order valence-corrected chi connectivity index (χ0v) is 22.1. The zero-order valence-electron chi connectivity index (χ0n) is 20.0. The lowest BCUT2D eigenvalue weighted by molar-refractivity contribution is -0.385. The number of methoxy groups -OCH3 is 1. The van der Waals surface area contributed by atoms with Gasteiger partial charge in [0.15, 0.2) is 11.5 Å². The van der Waals surface area contributed by atoms with Gasteiger partial charge in [-0.25, -0.2) is 9.69 Å². The third-order valence-electron chi connectivity index (χ3n) is 5.47. The Kier molecular flexibility index (Phi) is 7.85. The first-order valence-electron chi connectivity index (χ1n) is 11.0. The van der Waals surface area contributed by atoms with Crippen LogP contribution in [-0.2, 0) is 16.2 Å². The fourth-order valence-electron chi connectivity index (χ4n) is 3.68. The number of halogens is 1. The number of urea groups is 1. The number of rotatable bonds is 8. The molecule has 4 amide bonds. The zero-order chi connectivity index (χ0) is 28.3. The number of carbonyl (C=O) groups is 3. The van der Waals surface area contributed by atoms with E-state index in [9.17, 15) is 34.6 Å². The summed E-state index contributed by atoms with van der Waals surface area (Å²) in [6.07, 6.45) is 1.25. The predicted octanol–water partition coefficient (Wildman–Crippen LogP) is 4.36. The van der Waals surface area contributed by atoms with E-state index in [1.165, 1.54) is 49.6 Å². The standard InChI is InChI=1S/C25H17IN4O9/c1-38-21-11-15(10-20(26)22(21)39-13-14-4-2-6-17(8-14)29(34)35)9-19-23(31)27-25(33)28(24(19)32)16-5-3-7-18(12-16)30(36)37/h2-12H,13H2,1H3,(H,27,31,33)/b19-9+. The third kappa shape index (κ3) is 5.85. The Bertz CT molecular complexity index is 1570. The lowest BCUT2D eigenvalue weighted by atomic mass is 10.1. The first-order valence-corrected chi connectivity index (χ1v) is 12.1. The van der Waals surface area contributed by atoms with Crippen LogP contribution in [0, 0.1) is 23.8 Å². The Balaban J connectivity index is 1.64. The van der Waals surface area contributed by atoms with Crippen LogP contribution >= 0.6 is 22.6 Å². The topological polar surface area (TPSA) is 171 Å². The molecule has 0 spiro atoms. The van der Waals surface area contributed by atoms with Gasteiger partial charge in [-0.15, -0.1) is 0 Å². The number of non-ortho nitro benzene ring substituents is 2. The molecule has 3 aromatic carbocycles. The Morgan fingerprint density at radius 2 is 1.64 bits per heavy atom. The summed E-state index contributed by atoms with van der Waals surface area (Å²) in [4.78, 5) is 59.8. The molecule has 198 valence electrons. The number of nitro benzene ring substituents is 2. The number of imide groups is 2. The quantitative estimate of drug-likeness (QED) is 0.123. The van der Waals surface area contributed by atoms with Crippen molar-refractivity contribution in [3.8, 4) is 11.5 Å². The number of anilines is 1. The minimum Gasteiger partial charge on any atom is -0.493 e. The molecule has 0 atom stereocenters. The largest absolute Gasteiger partial charge is 0.493 e. The Morgan fingerprint density at radius 3 is 2.31 bits per heavy atom. The number of nitrogens with one attached hydrogen (secondary N) is 1. The van der Waals surface area contributed by atoms with Gasteiger partial charge in [0.05, 0.1) is 26.2 Å². The molecule has 0 aliphatic carbocycles. The van der Waals surface area contributed by atoms with Gasteiger partial charge < -0.3 is 9.47 Å². The fraction of sp³-hybridized carbons (Fsp3) is 0.0800. The van der Waals surface area contributed by atoms with E-state index < -0.39 is 27.7 Å². The first-order chi connectivity index (χ1) is 18.6. The maximum absolute atomic E-state index is 13.2. The number of hydrogen-bond acceptors (Lipinski definition) is 9. The van der Waals surface area contributed by atoms with Gasteiger partial charge in [0, 0.05) is 24.3 Å². The molecule has 0 unspecified atom stereocenters. The summed E-state index contributed by atoms with van der Waals surface area (Å²) >= 11 is 1.97. The number of benzene rings is 3. The highest BCUT2D eigenvalue weighted by Crippen LogP contribution is 2.36. The second kappa shape index (κ2) is 11.3. The van der Waals surface area contributed by atoms with Gasteiger partial charge in [0.2, 0.25) is 0 Å². The van der Waals surface area contributed by atoms with Crippen molar-refractivity contribution in [1.29, 1.82) is 0 Å². The minimum absolute atomic E-state index is 0.00958. The molecule has 1 aliphatic rings. The number of hydrogen-bond donors (Lipinski definition) is 1. The van der Waals surface area contributed by atoms with Gasteiger partial charge in [-0.05, 0) is 58.0 Å². The van der Waals surface area contributed by atoms with E-state index in [1.807, 2.05) is 22.6 Å². The van der Waals surface area contributed by atoms with Gasteiger partial charge in [-0.1, -0.05) is 18.2 Å². The molecule has 1 fully saturated rings. The Labute approximate surface area is 233 Å². The van der Waals surface area contributed by atoms with Crippen LogP contribution in [0.25, 0.3) is 6.08 Å². The minimum atomic E-state index is -1.04. The maximum atomic E-state index is 13.2. The Morgan fingerprint density at radius 1 is 0.974 bits per heavy atom. The summed E-state index contributed by atoms with van der Waals surface area (Å²) in [7, 11) is 1.39. The van der Waals surface area contributed by atoms with E-state index in [4.69, 9.17) is 9.47 Å². The summed E-state index contributed by atoms with van der Waals surface area (Å²) in [5.41, 5.74) is 0.0455. The van der Waals surface area contributed by atoms with Crippen LogP contribution in [0.5, 0.6) is 11.5 Å². The summed E-state index contributed by atoms with van der Waals surface area (Å²) in [5.74, 6) is -1.31. The second-order valence-electron chi connectivity index (χ2n) is 7.98. The average Bonchev–Trinajstić information content (AvgIpc) is 2.90. The van der Waals surface area contributed by atoms with Gasteiger partial charge >= 0.3 is 6.03 Å². The van der Waals surface area contributed by atoms with E-state index >= 15 is 0 Å². The van der Waals surface area contributed by atoms with Crippen molar-refractivity contribution in [1.82, 2.24) is 5.32 Å². The van der Waals surface area contributed by atoms with Crippen LogP contribution in [0.4, 0.5) is 21.9 Å². The maximum Gasteiger partial charge on any atom is 0.335 e. The fourth-order valence-corrected chi connectivity index (χ4v) is 4.46. The molecule has 1 N–H and O–H groups in total. The molecule has 0 radical (unpaired) electrons. The van der Waals surface area contributed by atoms with Crippen molar-refractivity contribution in [2.45, 2.75) is 6.61 Å². The van der Waals surface area contributed by atoms with Crippen LogP contribution in [0.1, 0.15) is 11.1 Å². The van der Waals surface area contributed by atoms with Gasteiger partial charge in [-0.3, -0.25) is 35.1 Å². The van der Waals surface area contributed by atoms with Crippen molar-refractivity contribution in [2.75, 3.05) is 12.0 Å². The number of carbonyl (C=O) groups excluding carboxylic acids is 3. The predicted molar refractivity (Wildman–Crippen MR) is 145 cm³/mol. The number of amides is 4. The number of nitro groups is 2. The highest BCUT2D eigenvalue weighted by atomic mass is 127. The molecule has 0 bridgehead atoms. The second-order valence-corrected chi connectivity index (χ2v) is 9.15. The van der Waals surface area contributed by atoms with Gasteiger partial charge in [-0.2, -0.15) is 0 Å².